The zero-order valence-corrected chi connectivity index (χ0v) is 41.7. The van der Waals surface area contributed by atoms with Crippen molar-refractivity contribution in [2.45, 2.75) is 167 Å². The van der Waals surface area contributed by atoms with Crippen molar-refractivity contribution in [3.05, 3.63) is 36.0 Å². The molecule has 1 aromatic heterocycles. The molecule has 0 saturated carbocycles. The largest absolute Gasteiger partial charge is 0.481 e. The number of aromatic nitrogens is 1. The van der Waals surface area contributed by atoms with Gasteiger partial charge < -0.3 is 67.8 Å². The van der Waals surface area contributed by atoms with Crippen LogP contribution >= 0.6 is 0 Å². The molecule has 3 heterocycles. The Balaban J connectivity index is 1.87. The number of guanidine groups is 1. The second-order valence-electron chi connectivity index (χ2n) is 18.8. The third-order valence-corrected chi connectivity index (χ3v) is 13.0. The maximum absolute atomic E-state index is 15.0. The molecule has 10 atom stereocenters. The summed E-state index contributed by atoms with van der Waals surface area (Å²) in [4.78, 5) is 136. The minimum absolute atomic E-state index is 0.00312. The Bertz CT molecular complexity index is 2260. The first kappa shape index (κ1) is 56.8. The molecule has 1 unspecified atom stereocenters. The van der Waals surface area contributed by atoms with Crippen LogP contribution in [0.5, 0.6) is 0 Å². The number of benzene rings is 1. The highest BCUT2D eigenvalue weighted by molar-refractivity contribution is 5.99. The Morgan fingerprint density at radius 2 is 1.63 bits per heavy atom. The van der Waals surface area contributed by atoms with Crippen molar-refractivity contribution < 1.29 is 58.1 Å². The predicted octanol–water partition coefficient (Wildman–Crippen LogP) is 0.0268. The van der Waals surface area contributed by atoms with Gasteiger partial charge in [-0.15, -0.1) is 0 Å². The van der Waals surface area contributed by atoms with E-state index in [0.717, 1.165) is 22.2 Å². The first-order chi connectivity index (χ1) is 33.6. The number of nitrogens with zero attached hydrogens (tertiary/aromatic N) is 3. The number of H-pyrrole nitrogens is 1. The van der Waals surface area contributed by atoms with E-state index < -0.39 is 126 Å². The highest BCUT2D eigenvalue weighted by Crippen LogP contribution is 2.29. The Hall–Kier alpha value is -6.78. The number of esters is 1. The highest BCUT2D eigenvalue weighted by Gasteiger charge is 2.47. The van der Waals surface area contributed by atoms with Gasteiger partial charge in [-0.2, -0.15) is 0 Å². The summed E-state index contributed by atoms with van der Waals surface area (Å²) < 4.78 is 5.87. The summed E-state index contributed by atoms with van der Waals surface area (Å²) in [6.07, 6.45) is -0.271. The molecule has 0 aliphatic carbocycles. The number of aliphatic carboxylic acids is 1. The normalized spacial score (nSPS) is 24.9. The van der Waals surface area contributed by atoms with Crippen molar-refractivity contribution in [2.75, 3.05) is 13.6 Å². The lowest BCUT2D eigenvalue weighted by Gasteiger charge is -2.44. The molecule has 392 valence electrons. The van der Waals surface area contributed by atoms with Crippen LogP contribution in [0.2, 0.25) is 0 Å². The summed E-state index contributed by atoms with van der Waals surface area (Å²) in [5, 5.41) is 34.8. The molecule has 7 amide bonds. The number of para-hydroxylation sites is 1. The van der Waals surface area contributed by atoms with Crippen LogP contribution < -0.4 is 38.1 Å². The molecule has 0 radical (unpaired) electrons. The minimum Gasteiger partial charge on any atom is -0.481 e. The average molecular weight is 996 g/mol. The fourth-order valence-electron chi connectivity index (χ4n) is 8.71. The van der Waals surface area contributed by atoms with Gasteiger partial charge in [-0.05, 0) is 62.5 Å². The van der Waals surface area contributed by atoms with Crippen LogP contribution in [0.1, 0.15) is 111 Å². The van der Waals surface area contributed by atoms with Crippen LogP contribution in [-0.2, 0) is 54.3 Å². The van der Waals surface area contributed by atoms with Crippen molar-refractivity contribution >= 4 is 70.2 Å². The molecule has 2 bridgehead atoms. The number of amides is 7. The Morgan fingerprint density at radius 3 is 2.28 bits per heavy atom. The number of fused-ring (bicyclic) bond motifs is 3. The highest BCUT2D eigenvalue weighted by atomic mass is 16.5. The van der Waals surface area contributed by atoms with Crippen LogP contribution in [-0.4, -0.2) is 152 Å². The summed E-state index contributed by atoms with van der Waals surface area (Å²) in [6.45, 7) is 9.94. The van der Waals surface area contributed by atoms with Crippen LogP contribution in [0, 0.1) is 11.8 Å². The van der Waals surface area contributed by atoms with Crippen molar-refractivity contribution in [2.24, 2.45) is 28.3 Å². The zero-order chi connectivity index (χ0) is 52.7. The topological polar surface area (TPSA) is 350 Å². The summed E-state index contributed by atoms with van der Waals surface area (Å²) in [5.41, 5.74) is 12.4. The number of carboxylic acids is 1. The maximum Gasteiger partial charge on any atom is 0.329 e. The van der Waals surface area contributed by atoms with Gasteiger partial charge in [0.15, 0.2) is 5.96 Å². The molecule has 1 aromatic carbocycles. The molecular weight excluding hydrogens is 923 g/mol. The van der Waals surface area contributed by atoms with Crippen LogP contribution in [0.15, 0.2) is 35.5 Å². The predicted molar refractivity (Wildman–Crippen MR) is 260 cm³/mol. The smallest absolute Gasteiger partial charge is 0.329 e. The molecule has 2 aliphatic rings. The molecule has 2 fully saturated rings. The molecule has 71 heavy (non-hydrogen) atoms. The number of aromatic amines is 1. The number of unbranched alkanes of at least 4 members (excludes halogenated alkanes) is 2. The van der Waals surface area contributed by atoms with Crippen molar-refractivity contribution in [3.8, 4) is 0 Å². The van der Waals surface area contributed by atoms with Gasteiger partial charge in [0.05, 0.1) is 6.42 Å². The fraction of sp³-hybridized carbons (Fsp3) is 0.625. The number of cyclic esters (lactones) is 1. The third kappa shape index (κ3) is 15.4. The lowest BCUT2D eigenvalue weighted by atomic mass is 9.91. The molecule has 4 rings (SSSR count). The van der Waals surface area contributed by atoms with Crippen LogP contribution in [0.4, 0.5) is 0 Å². The monoisotopic (exact) mass is 996 g/mol. The van der Waals surface area contributed by atoms with Gasteiger partial charge in [0.1, 0.15) is 54.6 Å². The number of carbonyl (C=O) groups excluding carboxylic acids is 8. The quantitative estimate of drug-likeness (QED) is 0.0408. The Labute approximate surface area is 413 Å². The molecule has 2 aromatic rings. The van der Waals surface area contributed by atoms with Gasteiger partial charge in [-0.3, -0.25) is 43.3 Å². The standard InChI is InChI=1S/C48H73N11O12/c1-8-10-11-18-35(60)53-33(23-37(62)63)42(65)57-39-27(6)71-47(70)38(25(3)4)56-43(66)34(22-28-24-52-30-16-13-12-15-29(28)30)58(7)46(69)40(26(5)9-2)59-36(61)20-19-32(45(59)68)55-41(64)31(54-44(39)67)17-14-21-51-48(49)50/h12-13,15-16,24-27,31-34,36,38-40,52,61H,8-11,14,17-23H2,1-7H3,(H,53,60)(H,54,67)(H,55,64)(H,56,66)(H,57,65)(H,62,63)(H4,49,50,51)/t26?,27-,31+,32+,33-,34+,36-,38+,39+,40+/m1/s1. The first-order valence-electron chi connectivity index (χ1n) is 24.4. The molecule has 23 heteroatoms. The van der Waals surface area contributed by atoms with Crippen molar-refractivity contribution in [3.63, 3.8) is 0 Å². The fourth-order valence-corrected chi connectivity index (χ4v) is 8.71. The number of likely N-dealkylation sites (N-methyl/N-ethyl adjacent to an activating group) is 1. The van der Waals surface area contributed by atoms with Gasteiger partial charge in [-0.1, -0.05) is 72.1 Å². The number of rotatable bonds is 18. The number of nitrogens with two attached hydrogens (primary N) is 2. The second kappa shape index (κ2) is 26.4. The summed E-state index contributed by atoms with van der Waals surface area (Å²) >= 11 is 0. The third-order valence-electron chi connectivity index (χ3n) is 13.0. The van der Waals surface area contributed by atoms with Gasteiger partial charge in [-0.25, -0.2) is 4.79 Å². The molecular formula is C48H73N11O12. The molecule has 12 N–H and O–H groups in total. The average Bonchev–Trinajstić information content (AvgIpc) is 3.73. The van der Waals surface area contributed by atoms with Gasteiger partial charge in [0, 0.05) is 43.5 Å². The van der Waals surface area contributed by atoms with E-state index in [9.17, 15) is 48.6 Å². The number of nitrogens with one attached hydrogen (secondary N) is 6. The Kier molecular flexibility index (Phi) is 21.1. The number of hydrogen-bond donors (Lipinski definition) is 10. The van der Waals surface area contributed by atoms with Crippen molar-refractivity contribution in [1.29, 1.82) is 0 Å². The van der Waals surface area contributed by atoms with E-state index in [1.165, 1.54) is 18.9 Å². The lowest BCUT2D eigenvalue weighted by Crippen LogP contribution is -2.66. The number of hydrogen-bond acceptors (Lipinski definition) is 12. The number of piperidine rings is 1. The number of ether oxygens (including phenoxy) is 1. The van der Waals surface area contributed by atoms with E-state index in [2.05, 4.69) is 36.6 Å². The number of carboxylic acid groups (broad SMARTS) is 1. The van der Waals surface area contributed by atoms with Crippen LogP contribution in [0.25, 0.3) is 10.9 Å². The number of aliphatic hydroxyl groups is 1. The maximum atomic E-state index is 15.0. The van der Waals surface area contributed by atoms with E-state index in [1.807, 2.05) is 31.2 Å². The Morgan fingerprint density at radius 1 is 0.930 bits per heavy atom. The van der Waals surface area contributed by atoms with Gasteiger partial charge in [0.25, 0.3) is 0 Å². The second-order valence-corrected chi connectivity index (χ2v) is 18.8. The number of aliphatic imine (C=N–C) groups is 1. The summed E-state index contributed by atoms with van der Waals surface area (Å²) in [5.74, 6) is -10.1. The summed E-state index contributed by atoms with van der Waals surface area (Å²) in [6, 6.07) is -3.16. The van der Waals surface area contributed by atoms with E-state index in [-0.39, 0.29) is 51.0 Å². The number of carbonyl (C=O) groups is 9. The minimum atomic E-state index is -1.87. The van der Waals surface area contributed by atoms with Gasteiger partial charge >= 0.3 is 11.9 Å². The molecule has 2 saturated heterocycles. The van der Waals surface area contributed by atoms with E-state index in [4.69, 9.17) is 16.2 Å². The molecule has 23 nitrogen and oxygen atoms in total. The first-order valence-corrected chi connectivity index (χ1v) is 24.4. The van der Waals surface area contributed by atoms with E-state index >= 15 is 4.79 Å². The van der Waals surface area contributed by atoms with Gasteiger partial charge in [0.2, 0.25) is 41.4 Å². The molecule has 2 aliphatic heterocycles. The zero-order valence-electron chi connectivity index (χ0n) is 41.7. The van der Waals surface area contributed by atoms with E-state index in [1.54, 1.807) is 33.9 Å². The number of aliphatic hydroxyl groups excluding tert-OH is 1. The van der Waals surface area contributed by atoms with E-state index in [0.29, 0.717) is 24.8 Å². The summed E-state index contributed by atoms with van der Waals surface area (Å²) in [7, 11) is 1.40. The van der Waals surface area contributed by atoms with Crippen LogP contribution in [0.3, 0.4) is 0 Å². The van der Waals surface area contributed by atoms with Crippen molar-refractivity contribution in [1.82, 2.24) is 41.4 Å². The lowest BCUT2D eigenvalue weighted by molar-refractivity contribution is -0.168. The SMILES string of the molecule is CCCCCC(=O)N[C@H](CC(=O)O)C(=O)N[C@@H]1C(=O)N[C@@H](CCCN=C(N)N)C(=O)N[C@H]2CC[C@@H](O)N(C2=O)[C@@H](C(C)CC)C(=O)N(C)[C@@H](Cc2c[nH]c3ccccc23)C(=O)N[C@@H](C(C)C)C(=O)O[C@@H]1C. The molecule has 0 spiro atoms.